The number of carboxylic acid groups (broad SMARTS) is 1. The molecular weight excluding hydrogens is 421 g/mol. The van der Waals surface area contributed by atoms with Crippen LogP contribution in [0.2, 0.25) is 0 Å². The van der Waals surface area contributed by atoms with Crippen LogP contribution in [0.15, 0.2) is 24.3 Å². The largest absolute Gasteiger partial charge is 1.00 e. The Bertz CT molecular complexity index is 808. The average Bonchev–Trinajstić information content (AvgIpc) is 3.08. The van der Waals surface area contributed by atoms with Crippen LogP contribution in [-0.4, -0.2) is 51.9 Å². The number of hydrogen-bond acceptors (Lipinski definition) is 7. The predicted octanol–water partition coefficient (Wildman–Crippen LogP) is -1.24. The SMILES string of the molecule is Cn1nc(CCCC(=O)[O-])nc1NCCCOc1cccc(CN2CCCCC2)c1.[K+]. The maximum absolute atomic E-state index is 10.5. The van der Waals surface area contributed by atoms with E-state index in [-0.39, 0.29) is 57.8 Å². The van der Waals surface area contributed by atoms with Crippen molar-refractivity contribution in [3.05, 3.63) is 35.7 Å². The number of likely N-dealkylation sites (tertiary alicyclic amines) is 1. The summed E-state index contributed by atoms with van der Waals surface area (Å²) in [5.74, 6) is 1.20. The molecule has 1 aliphatic rings. The van der Waals surface area contributed by atoms with Gasteiger partial charge in [0, 0.05) is 32.5 Å². The summed E-state index contributed by atoms with van der Waals surface area (Å²) in [5.41, 5.74) is 1.30. The number of nitrogens with zero attached hydrogens (tertiary/aromatic N) is 4. The fourth-order valence-electron chi connectivity index (χ4n) is 3.66. The number of aliphatic carboxylic acids is 1. The molecule has 164 valence electrons. The molecule has 1 fully saturated rings. The number of anilines is 1. The summed E-state index contributed by atoms with van der Waals surface area (Å²) in [5, 5.41) is 18.1. The average molecular weight is 454 g/mol. The second-order valence-electron chi connectivity index (χ2n) is 7.81. The molecule has 9 heteroatoms. The van der Waals surface area contributed by atoms with Gasteiger partial charge in [-0.25, -0.2) is 4.68 Å². The monoisotopic (exact) mass is 453 g/mol. The van der Waals surface area contributed by atoms with E-state index in [2.05, 4.69) is 38.5 Å². The van der Waals surface area contributed by atoms with Crippen LogP contribution in [0.25, 0.3) is 0 Å². The van der Waals surface area contributed by atoms with E-state index < -0.39 is 5.97 Å². The molecule has 8 nitrogen and oxygen atoms in total. The van der Waals surface area contributed by atoms with Gasteiger partial charge in [-0.05, 0) is 62.9 Å². The molecular formula is C22H32KN5O3. The molecule has 0 unspecified atom stereocenters. The summed E-state index contributed by atoms with van der Waals surface area (Å²) in [6, 6.07) is 8.38. The Kier molecular flexibility index (Phi) is 12.1. The number of benzene rings is 1. The Balaban J connectivity index is 0.00000341. The molecule has 1 aromatic heterocycles. The van der Waals surface area contributed by atoms with Gasteiger partial charge in [0.15, 0.2) is 5.82 Å². The summed E-state index contributed by atoms with van der Waals surface area (Å²) >= 11 is 0. The molecule has 0 atom stereocenters. The number of piperidine rings is 1. The van der Waals surface area contributed by atoms with E-state index >= 15 is 0 Å². The Morgan fingerprint density at radius 1 is 1.23 bits per heavy atom. The first-order valence-corrected chi connectivity index (χ1v) is 10.9. The second kappa shape index (κ2) is 14.2. The zero-order valence-electron chi connectivity index (χ0n) is 18.8. The Morgan fingerprint density at radius 2 is 2.03 bits per heavy atom. The number of aryl methyl sites for hydroxylation is 2. The summed E-state index contributed by atoms with van der Waals surface area (Å²) in [6.07, 6.45) is 5.83. The fraction of sp³-hybridized carbons (Fsp3) is 0.591. The third-order valence-electron chi connectivity index (χ3n) is 5.21. The normalized spacial score (nSPS) is 14.1. The van der Waals surface area contributed by atoms with Crippen LogP contribution in [0.5, 0.6) is 5.75 Å². The van der Waals surface area contributed by atoms with E-state index in [1.54, 1.807) is 4.68 Å². The number of carboxylic acids is 1. The summed E-state index contributed by atoms with van der Waals surface area (Å²) < 4.78 is 7.60. The van der Waals surface area contributed by atoms with Crippen molar-refractivity contribution in [1.82, 2.24) is 19.7 Å². The van der Waals surface area contributed by atoms with Crippen molar-refractivity contribution < 1.29 is 66.0 Å². The van der Waals surface area contributed by atoms with E-state index in [0.29, 0.717) is 31.2 Å². The van der Waals surface area contributed by atoms with Crippen LogP contribution < -0.4 is 66.5 Å². The third kappa shape index (κ3) is 9.59. The second-order valence-corrected chi connectivity index (χ2v) is 7.81. The first kappa shape index (κ1) is 26.3. The zero-order valence-corrected chi connectivity index (χ0v) is 21.9. The minimum Gasteiger partial charge on any atom is -0.550 e. The van der Waals surface area contributed by atoms with Crippen molar-refractivity contribution in [2.75, 3.05) is 31.6 Å². The van der Waals surface area contributed by atoms with Gasteiger partial charge >= 0.3 is 51.4 Å². The topological polar surface area (TPSA) is 95.3 Å². The molecule has 2 heterocycles. The Morgan fingerprint density at radius 3 is 2.81 bits per heavy atom. The molecule has 2 aromatic rings. The molecule has 1 N–H and O–H groups in total. The van der Waals surface area contributed by atoms with Crippen LogP contribution >= 0.6 is 0 Å². The van der Waals surface area contributed by atoms with Crippen molar-refractivity contribution in [3.8, 4) is 5.75 Å². The zero-order chi connectivity index (χ0) is 21.2. The van der Waals surface area contributed by atoms with Crippen LogP contribution in [0.1, 0.15) is 49.9 Å². The van der Waals surface area contributed by atoms with Crippen LogP contribution in [0, 0.1) is 0 Å². The number of ether oxygens (including phenoxy) is 1. The molecule has 1 saturated heterocycles. The van der Waals surface area contributed by atoms with Gasteiger partial charge in [-0.2, -0.15) is 10.1 Å². The van der Waals surface area contributed by atoms with E-state index in [9.17, 15) is 9.90 Å². The summed E-state index contributed by atoms with van der Waals surface area (Å²) in [6.45, 7) is 4.72. The maximum Gasteiger partial charge on any atom is 1.00 e. The van der Waals surface area contributed by atoms with Crippen molar-refractivity contribution in [1.29, 1.82) is 0 Å². The van der Waals surface area contributed by atoms with E-state index in [0.717, 1.165) is 25.3 Å². The third-order valence-corrected chi connectivity index (χ3v) is 5.21. The first-order chi connectivity index (χ1) is 14.6. The summed E-state index contributed by atoms with van der Waals surface area (Å²) in [7, 11) is 1.82. The standard InChI is InChI=1S/C22H33N5O3.K/c1-26-22(24-20(25-26)10-6-11-21(28)29)23-12-7-15-30-19-9-5-8-18(16-19)17-27-13-3-2-4-14-27;/h5,8-9,16H,2-4,6-7,10-15,17H2,1H3,(H,28,29)(H,23,24,25);/q;+1/p-1. The molecule has 1 aliphatic heterocycles. The minimum absolute atomic E-state index is 0. The number of carbonyl (C=O) groups is 1. The number of hydrogen-bond donors (Lipinski definition) is 1. The van der Waals surface area contributed by atoms with E-state index in [1.807, 2.05) is 13.1 Å². The van der Waals surface area contributed by atoms with Gasteiger partial charge in [0.2, 0.25) is 5.95 Å². The van der Waals surface area contributed by atoms with Gasteiger partial charge in [0.05, 0.1) is 6.61 Å². The molecule has 0 spiro atoms. The van der Waals surface area contributed by atoms with E-state index in [1.165, 1.54) is 37.9 Å². The quantitative estimate of drug-likeness (QED) is 0.317. The minimum atomic E-state index is -1.04. The smallest absolute Gasteiger partial charge is 0.550 e. The van der Waals surface area contributed by atoms with Crippen molar-refractivity contribution in [2.24, 2.45) is 7.05 Å². The van der Waals surface area contributed by atoms with Gasteiger partial charge in [-0.1, -0.05) is 18.6 Å². The molecule has 0 bridgehead atoms. The molecule has 3 rings (SSSR count). The fourth-order valence-corrected chi connectivity index (χ4v) is 3.66. The van der Waals surface area contributed by atoms with Crippen LogP contribution in [0.4, 0.5) is 5.95 Å². The molecule has 31 heavy (non-hydrogen) atoms. The van der Waals surface area contributed by atoms with Crippen LogP contribution in [-0.2, 0) is 24.8 Å². The van der Waals surface area contributed by atoms with Crippen molar-refractivity contribution in [3.63, 3.8) is 0 Å². The number of carbonyl (C=O) groups excluding carboxylic acids is 1. The van der Waals surface area contributed by atoms with Crippen LogP contribution in [0.3, 0.4) is 0 Å². The number of nitrogens with one attached hydrogen (secondary N) is 1. The Hall–Kier alpha value is -0.974. The van der Waals surface area contributed by atoms with Gasteiger partial charge in [-0.3, -0.25) is 4.90 Å². The maximum atomic E-state index is 10.5. The van der Waals surface area contributed by atoms with Gasteiger partial charge in [0.25, 0.3) is 0 Å². The van der Waals surface area contributed by atoms with Gasteiger partial charge in [0.1, 0.15) is 5.75 Å². The molecule has 0 aliphatic carbocycles. The van der Waals surface area contributed by atoms with Crippen molar-refractivity contribution in [2.45, 2.75) is 51.5 Å². The van der Waals surface area contributed by atoms with Crippen molar-refractivity contribution >= 4 is 11.9 Å². The molecule has 0 saturated carbocycles. The van der Waals surface area contributed by atoms with Gasteiger partial charge in [-0.15, -0.1) is 0 Å². The molecule has 1 aromatic carbocycles. The van der Waals surface area contributed by atoms with E-state index in [4.69, 9.17) is 4.74 Å². The number of rotatable bonds is 12. The molecule has 0 radical (unpaired) electrons. The summed E-state index contributed by atoms with van der Waals surface area (Å²) in [4.78, 5) is 17.4. The molecule has 0 amide bonds. The predicted molar refractivity (Wildman–Crippen MR) is 113 cm³/mol. The first-order valence-electron chi connectivity index (χ1n) is 10.9. The Labute approximate surface area is 227 Å². The van der Waals surface area contributed by atoms with Gasteiger partial charge < -0.3 is 20.0 Å². The number of aromatic nitrogens is 3.